The highest BCUT2D eigenvalue weighted by Gasteiger charge is 2.27. The number of hydrogen-bond donors (Lipinski definition) is 0. The molecule has 8 heavy (non-hydrogen) atoms. The third-order valence-electron chi connectivity index (χ3n) is 1.58. The largest absolute Gasteiger partial charge is 0.155 e. The Hall–Kier alpha value is 0.830. The van der Waals surface area contributed by atoms with Crippen LogP contribution in [0, 0.1) is 0 Å². The van der Waals surface area contributed by atoms with Gasteiger partial charge in [-0.05, 0) is 25.5 Å². The van der Waals surface area contributed by atoms with Crippen LogP contribution in [0.5, 0.6) is 0 Å². The molecular weight excluding hydrogens is 184 g/mol. The van der Waals surface area contributed by atoms with Gasteiger partial charge in [-0.1, -0.05) is 15.9 Å². The molecule has 1 aliphatic rings. The van der Waals surface area contributed by atoms with Crippen LogP contribution in [0.25, 0.3) is 0 Å². The first-order valence-corrected chi connectivity index (χ1v) is 5.07. The summed E-state index contributed by atoms with van der Waals surface area (Å²) in [5, 5.41) is 1.16. The number of halogens is 1. The zero-order chi connectivity index (χ0) is 6.04. The van der Waals surface area contributed by atoms with Crippen LogP contribution in [0.4, 0.5) is 0 Å². The fourth-order valence-electron chi connectivity index (χ4n) is 0.942. The number of thioether (sulfide) groups is 1. The lowest BCUT2D eigenvalue weighted by molar-refractivity contribution is 0.677. The average molecular weight is 195 g/mol. The number of alkyl halides is 1. The van der Waals surface area contributed by atoms with E-state index < -0.39 is 0 Å². The highest BCUT2D eigenvalue weighted by atomic mass is 79.9. The van der Waals surface area contributed by atoms with Gasteiger partial charge >= 0.3 is 0 Å². The van der Waals surface area contributed by atoms with Gasteiger partial charge in [0.25, 0.3) is 0 Å². The summed E-state index contributed by atoms with van der Waals surface area (Å²) in [6.45, 7) is 2.33. The summed E-state index contributed by atoms with van der Waals surface area (Å²) < 4.78 is 0.569. The van der Waals surface area contributed by atoms with Gasteiger partial charge in [-0.15, -0.1) is 0 Å². The summed E-state index contributed by atoms with van der Waals surface area (Å²) in [5.74, 6) is 1.36. The van der Waals surface area contributed by atoms with Gasteiger partial charge in [0, 0.05) is 10.1 Å². The third-order valence-corrected chi connectivity index (χ3v) is 4.73. The molecule has 0 N–H and O–H groups in total. The second kappa shape index (κ2) is 2.61. The molecule has 0 spiro atoms. The lowest BCUT2D eigenvalue weighted by atomic mass is 10.1. The average Bonchev–Trinajstić information content (AvgIpc) is 2.17. The van der Waals surface area contributed by atoms with Crippen molar-refractivity contribution in [1.82, 2.24) is 0 Å². The van der Waals surface area contributed by atoms with Crippen molar-refractivity contribution < 1.29 is 0 Å². The Kier molecular flexibility index (Phi) is 2.27. The molecule has 1 heterocycles. The fraction of sp³-hybridized carbons (Fsp3) is 1.00. The minimum atomic E-state index is 0.569. The van der Waals surface area contributed by atoms with E-state index in [0.29, 0.717) is 4.75 Å². The van der Waals surface area contributed by atoms with Crippen LogP contribution in [0.15, 0.2) is 0 Å². The SMILES string of the molecule is CC1(CBr)CCCS1. The Morgan fingerprint density at radius 2 is 2.50 bits per heavy atom. The Balaban J connectivity index is 2.40. The molecule has 1 unspecified atom stereocenters. The summed E-state index contributed by atoms with van der Waals surface area (Å²) in [6.07, 6.45) is 2.80. The van der Waals surface area contributed by atoms with E-state index in [4.69, 9.17) is 0 Å². The van der Waals surface area contributed by atoms with Crippen molar-refractivity contribution in [2.24, 2.45) is 0 Å². The van der Waals surface area contributed by atoms with Crippen molar-refractivity contribution in [3.63, 3.8) is 0 Å². The van der Waals surface area contributed by atoms with Crippen LogP contribution in [0.1, 0.15) is 19.8 Å². The van der Waals surface area contributed by atoms with Crippen LogP contribution < -0.4 is 0 Å². The molecule has 0 amide bonds. The summed E-state index contributed by atoms with van der Waals surface area (Å²) in [7, 11) is 0. The van der Waals surface area contributed by atoms with Crippen molar-refractivity contribution in [2.45, 2.75) is 24.5 Å². The van der Waals surface area contributed by atoms with Gasteiger partial charge in [0.05, 0.1) is 0 Å². The number of hydrogen-bond acceptors (Lipinski definition) is 1. The molecule has 2 heteroatoms. The van der Waals surface area contributed by atoms with Crippen LogP contribution in [0.2, 0.25) is 0 Å². The standard InChI is InChI=1S/C6H11BrS/c1-6(5-7)3-2-4-8-6/h2-5H2,1H3. The van der Waals surface area contributed by atoms with Gasteiger partial charge in [0.15, 0.2) is 0 Å². The number of rotatable bonds is 1. The Morgan fingerprint density at radius 3 is 2.75 bits per heavy atom. The Labute approximate surface area is 63.5 Å². The summed E-state index contributed by atoms with van der Waals surface area (Å²) in [5.41, 5.74) is 0. The maximum Gasteiger partial charge on any atom is 0.0228 e. The highest BCUT2D eigenvalue weighted by Crippen LogP contribution is 2.38. The zero-order valence-corrected chi connectivity index (χ0v) is 7.52. The molecule has 1 rings (SSSR count). The molecule has 0 radical (unpaired) electrons. The minimum Gasteiger partial charge on any atom is -0.155 e. The van der Waals surface area contributed by atoms with Crippen LogP contribution in [-0.4, -0.2) is 15.8 Å². The fourth-order valence-corrected chi connectivity index (χ4v) is 2.86. The molecule has 0 aliphatic carbocycles. The predicted molar refractivity (Wildman–Crippen MR) is 43.9 cm³/mol. The van der Waals surface area contributed by atoms with Gasteiger partial charge in [0.1, 0.15) is 0 Å². The lowest BCUT2D eigenvalue weighted by Crippen LogP contribution is -2.16. The first-order valence-electron chi connectivity index (χ1n) is 2.97. The Morgan fingerprint density at radius 1 is 1.75 bits per heavy atom. The highest BCUT2D eigenvalue weighted by molar-refractivity contribution is 9.09. The monoisotopic (exact) mass is 194 g/mol. The van der Waals surface area contributed by atoms with Gasteiger partial charge in [-0.3, -0.25) is 0 Å². The maximum absolute atomic E-state index is 3.51. The minimum absolute atomic E-state index is 0.569. The van der Waals surface area contributed by atoms with Crippen LogP contribution in [0.3, 0.4) is 0 Å². The first-order chi connectivity index (χ1) is 3.77. The topological polar surface area (TPSA) is 0 Å². The lowest BCUT2D eigenvalue weighted by Gasteiger charge is -2.17. The van der Waals surface area contributed by atoms with E-state index in [1.165, 1.54) is 18.6 Å². The third kappa shape index (κ3) is 1.41. The van der Waals surface area contributed by atoms with Gasteiger partial charge in [-0.25, -0.2) is 0 Å². The van der Waals surface area contributed by atoms with Crippen LogP contribution in [-0.2, 0) is 0 Å². The van der Waals surface area contributed by atoms with Crippen molar-refractivity contribution >= 4 is 27.7 Å². The molecule has 0 aromatic carbocycles. The summed E-state index contributed by atoms with van der Waals surface area (Å²) in [4.78, 5) is 0. The second-order valence-corrected chi connectivity index (χ2v) is 4.78. The molecule has 1 atom stereocenters. The Bertz CT molecular complexity index is 76.6. The zero-order valence-electron chi connectivity index (χ0n) is 5.11. The van der Waals surface area contributed by atoms with E-state index in [9.17, 15) is 0 Å². The molecule has 0 aromatic heterocycles. The normalized spacial score (nSPS) is 38.2. The molecule has 48 valence electrons. The molecule has 0 aromatic rings. The molecule has 1 aliphatic heterocycles. The summed E-state index contributed by atoms with van der Waals surface area (Å²) in [6, 6.07) is 0. The van der Waals surface area contributed by atoms with E-state index in [0.717, 1.165) is 5.33 Å². The molecule has 0 bridgehead atoms. The maximum atomic E-state index is 3.51. The van der Waals surface area contributed by atoms with E-state index in [1.54, 1.807) is 0 Å². The van der Waals surface area contributed by atoms with E-state index in [-0.39, 0.29) is 0 Å². The molecule has 1 saturated heterocycles. The predicted octanol–water partition coefficient (Wildman–Crippen LogP) is 2.67. The van der Waals surface area contributed by atoms with E-state index in [1.807, 2.05) is 0 Å². The van der Waals surface area contributed by atoms with Gasteiger partial charge in [0.2, 0.25) is 0 Å². The van der Waals surface area contributed by atoms with Gasteiger partial charge in [-0.2, -0.15) is 11.8 Å². The molecule has 0 saturated carbocycles. The van der Waals surface area contributed by atoms with Crippen molar-refractivity contribution in [1.29, 1.82) is 0 Å². The van der Waals surface area contributed by atoms with Gasteiger partial charge < -0.3 is 0 Å². The van der Waals surface area contributed by atoms with E-state index in [2.05, 4.69) is 34.6 Å². The van der Waals surface area contributed by atoms with Crippen molar-refractivity contribution in [2.75, 3.05) is 11.1 Å². The molecule has 0 nitrogen and oxygen atoms in total. The van der Waals surface area contributed by atoms with Crippen molar-refractivity contribution in [3.05, 3.63) is 0 Å². The van der Waals surface area contributed by atoms with Crippen molar-refractivity contribution in [3.8, 4) is 0 Å². The van der Waals surface area contributed by atoms with Crippen LogP contribution >= 0.6 is 27.7 Å². The molecular formula is C6H11BrS. The molecule has 1 fully saturated rings. The summed E-state index contributed by atoms with van der Waals surface area (Å²) >= 11 is 5.61. The second-order valence-electron chi connectivity index (χ2n) is 2.54. The first kappa shape index (κ1) is 6.94. The smallest absolute Gasteiger partial charge is 0.0228 e. The quantitative estimate of drug-likeness (QED) is 0.579. The van der Waals surface area contributed by atoms with E-state index >= 15 is 0 Å².